The molecule has 1 aliphatic carbocycles. The van der Waals surface area contributed by atoms with Crippen molar-refractivity contribution >= 4 is 17.8 Å². The molecule has 2 aliphatic heterocycles. The van der Waals surface area contributed by atoms with E-state index in [1.807, 2.05) is 35.2 Å². The van der Waals surface area contributed by atoms with Crippen molar-refractivity contribution in [2.45, 2.75) is 83.0 Å². The van der Waals surface area contributed by atoms with Gasteiger partial charge in [0.25, 0.3) is 0 Å². The zero-order chi connectivity index (χ0) is 21.3. The van der Waals surface area contributed by atoms with Gasteiger partial charge in [-0.25, -0.2) is 4.79 Å². The van der Waals surface area contributed by atoms with Crippen LogP contribution >= 0.6 is 0 Å². The summed E-state index contributed by atoms with van der Waals surface area (Å²) in [6, 6.07) is 8.30. The van der Waals surface area contributed by atoms with E-state index in [9.17, 15) is 14.4 Å². The summed E-state index contributed by atoms with van der Waals surface area (Å²) in [6.07, 6.45) is 6.19. The summed E-state index contributed by atoms with van der Waals surface area (Å²) in [5, 5.41) is 0. The first-order valence-corrected chi connectivity index (χ1v) is 11.4. The molecule has 5 atom stereocenters. The van der Waals surface area contributed by atoms with Crippen LogP contribution in [0.1, 0.15) is 57.9 Å². The zero-order valence-corrected chi connectivity index (χ0v) is 18.0. The van der Waals surface area contributed by atoms with Gasteiger partial charge in [0.1, 0.15) is 18.1 Å². The summed E-state index contributed by atoms with van der Waals surface area (Å²) in [6.45, 7) is 3.79. The predicted molar refractivity (Wildman–Crippen MR) is 112 cm³/mol. The topological polar surface area (TPSA) is 66.9 Å². The van der Waals surface area contributed by atoms with E-state index in [-0.39, 0.29) is 24.5 Å². The number of aryl methyl sites for hydroxylation is 1. The quantitative estimate of drug-likeness (QED) is 0.674. The van der Waals surface area contributed by atoms with Crippen LogP contribution in [-0.2, 0) is 25.5 Å². The average molecular weight is 413 g/mol. The normalized spacial score (nSPS) is 29.4. The van der Waals surface area contributed by atoms with Gasteiger partial charge in [-0.1, -0.05) is 43.2 Å². The Kier molecular flexibility index (Phi) is 6.11. The average Bonchev–Trinajstić information content (AvgIpc) is 3.15. The molecule has 30 heavy (non-hydrogen) atoms. The maximum absolute atomic E-state index is 13.6. The Balaban J connectivity index is 1.58. The molecular formula is C24H32N2O4. The minimum Gasteiger partial charge on any atom is -0.464 e. The third-order valence-corrected chi connectivity index (χ3v) is 7.10. The Morgan fingerprint density at radius 2 is 1.87 bits per heavy atom. The Morgan fingerprint density at radius 1 is 1.13 bits per heavy atom. The second-order valence-electron chi connectivity index (χ2n) is 8.82. The van der Waals surface area contributed by atoms with E-state index in [0.29, 0.717) is 18.8 Å². The van der Waals surface area contributed by atoms with Gasteiger partial charge in [-0.3, -0.25) is 9.59 Å². The third-order valence-electron chi connectivity index (χ3n) is 7.10. The molecule has 4 rings (SSSR count). The molecule has 2 saturated heterocycles. The molecule has 1 aromatic carbocycles. The van der Waals surface area contributed by atoms with Gasteiger partial charge in [0.2, 0.25) is 11.8 Å². The van der Waals surface area contributed by atoms with Gasteiger partial charge in [-0.15, -0.1) is 0 Å². The number of ether oxygens (including phenoxy) is 1. The van der Waals surface area contributed by atoms with Crippen molar-refractivity contribution in [3.63, 3.8) is 0 Å². The van der Waals surface area contributed by atoms with Gasteiger partial charge < -0.3 is 14.5 Å². The molecule has 0 radical (unpaired) electrons. The number of carbonyl (C=O) groups excluding carboxylic acids is 3. The molecule has 0 aromatic heterocycles. The number of hydrogen-bond acceptors (Lipinski definition) is 4. The number of rotatable bonds is 6. The maximum atomic E-state index is 13.6. The van der Waals surface area contributed by atoms with Gasteiger partial charge >= 0.3 is 5.97 Å². The largest absolute Gasteiger partial charge is 0.464 e. The number of carbonyl (C=O) groups is 3. The highest BCUT2D eigenvalue weighted by atomic mass is 16.5. The molecule has 6 heteroatoms. The fourth-order valence-electron chi connectivity index (χ4n) is 5.68. The van der Waals surface area contributed by atoms with Gasteiger partial charge in [-0.05, 0) is 57.4 Å². The predicted octanol–water partition coefficient (Wildman–Crippen LogP) is 2.94. The molecule has 3 fully saturated rings. The molecule has 1 unspecified atom stereocenters. The standard InChI is InChI=1S/C24H32N2O4/c1-3-30-24(29)20(14-13-17-9-5-4-6-10-17)25-16(2)22(27)26-19-12-8-7-11-18(19)15-21(26)23(25)28/h4-6,9-10,16,18-21H,3,7-8,11-15H2,1-2H3/t16-,18+,19-,20-,21?/m0/s1. The lowest BCUT2D eigenvalue weighted by molar-refractivity contribution is -0.170. The molecule has 1 saturated carbocycles. The van der Waals surface area contributed by atoms with E-state index in [1.165, 1.54) is 6.42 Å². The van der Waals surface area contributed by atoms with Crippen LogP contribution in [0.4, 0.5) is 0 Å². The van der Waals surface area contributed by atoms with Gasteiger partial charge in [-0.2, -0.15) is 0 Å². The van der Waals surface area contributed by atoms with Crippen LogP contribution in [0.5, 0.6) is 0 Å². The summed E-state index contributed by atoms with van der Waals surface area (Å²) in [5.41, 5.74) is 1.10. The highest BCUT2D eigenvalue weighted by molar-refractivity contribution is 5.99. The molecule has 3 aliphatic rings. The first-order chi connectivity index (χ1) is 14.5. The van der Waals surface area contributed by atoms with Crippen molar-refractivity contribution in [3.8, 4) is 0 Å². The molecule has 6 nitrogen and oxygen atoms in total. The fourth-order valence-corrected chi connectivity index (χ4v) is 5.68. The lowest BCUT2D eigenvalue weighted by Crippen LogP contribution is -2.67. The van der Waals surface area contributed by atoms with Crippen LogP contribution in [0.3, 0.4) is 0 Å². The van der Waals surface area contributed by atoms with Crippen LogP contribution in [0, 0.1) is 5.92 Å². The number of benzene rings is 1. The number of hydrogen-bond donors (Lipinski definition) is 0. The van der Waals surface area contributed by atoms with E-state index < -0.39 is 24.1 Å². The van der Waals surface area contributed by atoms with Gasteiger partial charge in [0, 0.05) is 6.04 Å². The second-order valence-corrected chi connectivity index (χ2v) is 8.82. The summed E-state index contributed by atoms with van der Waals surface area (Å²) < 4.78 is 5.33. The summed E-state index contributed by atoms with van der Waals surface area (Å²) >= 11 is 0. The first kappa shape index (κ1) is 20.9. The number of nitrogens with zero attached hydrogens (tertiary/aromatic N) is 2. The van der Waals surface area contributed by atoms with Crippen LogP contribution in [0.2, 0.25) is 0 Å². The van der Waals surface area contributed by atoms with Crippen LogP contribution in [-0.4, -0.2) is 58.4 Å². The van der Waals surface area contributed by atoms with E-state index in [1.54, 1.807) is 18.7 Å². The van der Waals surface area contributed by atoms with E-state index >= 15 is 0 Å². The number of esters is 1. The van der Waals surface area contributed by atoms with Crippen molar-refractivity contribution in [1.29, 1.82) is 0 Å². The molecule has 1 aromatic rings. The molecule has 0 bridgehead atoms. The minimum absolute atomic E-state index is 0.0111. The van der Waals surface area contributed by atoms with Gasteiger partial charge in [0.05, 0.1) is 6.61 Å². The Morgan fingerprint density at radius 3 is 2.60 bits per heavy atom. The summed E-state index contributed by atoms with van der Waals surface area (Å²) in [5.74, 6) is -0.0925. The number of piperazine rings is 1. The lowest BCUT2D eigenvalue weighted by Gasteiger charge is -2.46. The van der Waals surface area contributed by atoms with Crippen LogP contribution in [0.25, 0.3) is 0 Å². The Labute approximate surface area is 178 Å². The first-order valence-electron chi connectivity index (χ1n) is 11.4. The second kappa shape index (κ2) is 8.78. The van der Waals surface area contributed by atoms with Gasteiger partial charge in [0.15, 0.2) is 0 Å². The summed E-state index contributed by atoms with van der Waals surface area (Å²) in [7, 11) is 0. The van der Waals surface area contributed by atoms with E-state index in [0.717, 1.165) is 31.2 Å². The SMILES string of the molecule is CCOC(=O)[C@H](CCc1ccccc1)N1C(=O)C2C[C@H]3CCCC[C@@H]3N2C(=O)[C@@H]1C. The van der Waals surface area contributed by atoms with Crippen molar-refractivity contribution in [3.05, 3.63) is 35.9 Å². The van der Waals surface area contributed by atoms with Crippen molar-refractivity contribution in [1.82, 2.24) is 9.80 Å². The molecule has 2 amide bonds. The number of amides is 2. The zero-order valence-electron chi connectivity index (χ0n) is 18.0. The Bertz CT molecular complexity index is 796. The Hall–Kier alpha value is -2.37. The van der Waals surface area contributed by atoms with Crippen molar-refractivity contribution in [2.24, 2.45) is 5.92 Å². The van der Waals surface area contributed by atoms with Crippen molar-refractivity contribution < 1.29 is 19.1 Å². The molecule has 0 N–H and O–H groups in total. The minimum atomic E-state index is -0.735. The molecule has 162 valence electrons. The molecule has 2 heterocycles. The van der Waals surface area contributed by atoms with Crippen LogP contribution in [0.15, 0.2) is 30.3 Å². The highest BCUT2D eigenvalue weighted by Gasteiger charge is 2.55. The monoisotopic (exact) mass is 412 g/mol. The number of fused-ring (bicyclic) bond motifs is 3. The van der Waals surface area contributed by atoms with E-state index in [4.69, 9.17) is 4.74 Å². The third kappa shape index (κ3) is 3.72. The fraction of sp³-hybridized carbons (Fsp3) is 0.625. The van der Waals surface area contributed by atoms with Crippen molar-refractivity contribution in [2.75, 3.05) is 6.61 Å². The smallest absolute Gasteiger partial charge is 0.328 e. The maximum Gasteiger partial charge on any atom is 0.328 e. The molecular weight excluding hydrogens is 380 g/mol. The molecule has 0 spiro atoms. The van der Waals surface area contributed by atoms with Crippen LogP contribution < -0.4 is 0 Å². The summed E-state index contributed by atoms with van der Waals surface area (Å²) in [4.78, 5) is 43.2. The van der Waals surface area contributed by atoms with E-state index in [2.05, 4.69) is 0 Å². The lowest BCUT2D eigenvalue weighted by atomic mass is 9.85. The highest BCUT2D eigenvalue weighted by Crippen LogP contribution is 2.43.